The van der Waals surface area contributed by atoms with Gasteiger partial charge in [-0.2, -0.15) is 5.26 Å². The van der Waals surface area contributed by atoms with Crippen LogP contribution in [0.3, 0.4) is 0 Å². The Hall–Kier alpha value is -2.61. The number of unbranched alkanes of at least 4 members (excludes halogenated alkanes) is 6. The van der Waals surface area contributed by atoms with Crippen LogP contribution in [-0.2, 0) is 0 Å². The van der Waals surface area contributed by atoms with Crippen LogP contribution in [0.4, 0.5) is 5.69 Å². The van der Waals surface area contributed by atoms with Crippen LogP contribution in [0.2, 0.25) is 0 Å². The number of nitrogens with zero attached hydrogens (tertiary/aromatic N) is 3. The number of aromatic amines is 1. The van der Waals surface area contributed by atoms with E-state index >= 15 is 0 Å². The minimum absolute atomic E-state index is 0.160. The molecule has 0 radical (unpaired) electrons. The predicted octanol–water partition coefficient (Wildman–Crippen LogP) is 5.89. The van der Waals surface area contributed by atoms with Crippen molar-refractivity contribution in [2.24, 2.45) is 0 Å². The van der Waals surface area contributed by atoms with Crippen LogP contribution in [0, 0.1) is 25.2 Å². The number of aryl methyl sites for hydroxylation is 2. The first-order valence-corrected chi connectivity index (χ1v) is 11.4. The van der Waals surface area contributed by atoms with Gasteiger partial charge in [0.2, 0.25) is 0 Å². The first kappa shape index (κ1) is 23.7. The molecule has 5 nitrogen and oxygen atoms in total. The summed E-state index contributed by atoms with van der Waals surface area (Å²) >= 11 is 0. The molecule has 2 rings (SSSR count). The quantitative estimate of drug-likeness (QED) is 0.444. The van der Waals surface area contributed by atoms with Crippen molar-refractivity contribution < 1.29 is 0 Å². The molecule has 0 bridgehead atoms. The zero-order valence-corrected chi connectivity index (χ0v) is 19.1. The molecule has 0 saturated heterocycles. The van der Waals surface area contributed by atoms with Crippen molar-refractivity contribution in [2.75, 3.05) is 18.0 Å². The van der Waals surface area contributed by atoms with E-state index in [4.69, 9.17) is 0 Å². The van der Waals surface area contributed by atoms with Crippen LogP contribution in [0.15, 0.2) is 23.0 Å². The third kappa shape index (κ3) is 6.45. The second-order valence-electron chi connectivity index (χ2n) is 8.06. The van der Waals surface area contributed by atoms with Crippen molar-refractivity contribution in [3.05, 3.63) is 45.6 Å². The summed E-state index contributed by atoms with van der Waals surface area (Å²) in [6.07, 6.45) is 9.62. The molecule has 0 aliphatic carbocycles. The first-order valence-electron chi connectivity index (χ1n) is 11.4. The largest absolute Gasteiger partial charge is 0.370 e. The lowest BCUT2D eigenvalue weighted by atomic mass is 10.0. The van der Waals surface area contributed by atoms with Gasteiger partial charge in [0, 0.05) is 13.1 Å². The molecule has 0 fully saturated rings. The molecule has 2 aromatic rings. The number of aromatic nitrogens is 2. The molecule has 0 unspecified atom stereocenters. The summed E-state index contributed by atoms with van der Waals surface area (Å²) in [6, 6.07) is 8.17. The molecule has 0 amide bonds. The lowest BCUT2D eigenvalue weighted by Crippen LogP contribution is -2.26. The normalized spacial score (nSPS) is 10.8. The van der Waals surface area contributed by atoms with Gasteiger partial charge < -0.3 is 9.88 Å². The van der Waals surface area contributed by atoms with E-state index in [1.807, 2.05) is 25.1 Å². The second-order valence-corrected chi connectivity index (χ2v) is 8.06. The van der Waals surface area contributed by atoms with E-state index in [1.165, 1.54) is 38.5 Å². The fourth-order valence-corrected chi connectivity index (χ4v) is 3.93. The number of rotatable bonds is 12. The van der Waals surface area contributed by atoms with E-state index in [9.17, 15) is 10.1 Å². The standard InChI is InChI=1S/C25H36N4O/c1-5-7-9-11-15-29(16-12-10-8-6-2)23-14-13-21(17-22(23)18-26)24-19(3)27-20(4)28-25(24)30/h13-14,17H,5-12,15-16H2,1-4H3,(H,27,28,30). The van der Waals surface area contributed by atoms with Gasteiger partial charge in [0.1, 0.15) is 11.9 Å². The van der Waals surface area contributed by atoms with Gasteiger partial charge in [-0.15, -0.1) is 0 Å². The summed E-state index contributed by atoms with van der Waals surface area (Å²) < 4.78 is 0. The number of nitrogens with one attached hydrogen (secondary N) is 1. The van der Waals surface area contributed by atoms with E-state index < -0.39 is 0 Å². The summed E-state index contributed by atoms with van der Waals surface area (Å²) in [5, 5.41) is 9.86. The zero-order valence-electron chi connectivity index (χ0n) is 19.1. The van der Waals surface area contributed by atoms with E-state index in [-0.39, 0.29) is 5.56 Å². The number of H-pyrrole nitrogens is 1. The molecule has 1 N–H and O–H groups in total. The zero-order chi connectivity index (χ0) is 21.9. The Morgan fingerprint density at radius 3 is 2.17 bits per heavy atom. The van der Waals surface area contributed by atoms with Crippen LogP contribution in [0.1, 0.15) is 82.3 Å². The molecule has 1 aromatic carbocycles. The lowest BCUT2D eigenvalue weighted by Gasteiger charge is -2.26. The highest BCUT2D eigenvalue weighted by Gasteiger charge is 2.15. The summed E-state index contributed by atoms with van der Waals surface area (Å²) in [5.74, 6) is 0.601. The van der Waals surface area contributed by atoms with Gasteiger partial charge in [-0.25, -0.2) is 4.98 Å². The maximum Gasteiger partial charge on any atom is 0.259 e. The second kappa shape index (κ2) is 12.2. The average molecular weight is 409 g/mol. The molecule has 0 atom stereocenters. The van der Waals surface area contributed by atoms with Gasteiger partial charge in [-0.3, -0.25) is 4.79 Å². The molecule has 1 heterocycles. The maximum atomic E-state index is 12.5. The van der Waals surface area contributed by atoms with Gasteiger partial charge in [-0.1, -0.05) is 58.4 Å². The Balaban J connectivity index is 2.32. The average Bonchev–Trinajstić information content (AvgIpc) is 2.72. The molecule has 0 aliphatic rings. The number of nitriles is 1. The maximum absolute atomic E-state index is 12.5. The van der Waals surface area contributed by atoms with Crippen molar-refractivity contribution in [3.8, 4) is 17.2 Å². The molecule has 162 valence electrons. The molecule has 0 saturated carbocycles. The smallest absolute Gasteiger partial charge is 0.259 e. The van der Waals surface area contributed by atoms with Crippen molar-refractivity contribution in [2.45, 2.75) is 79.1 Å². The van der Waals surface area contributed by atoms with Gasteiger partial charge >= 0.3 is 0 Å². The topological polar surface area (TPSA) is 72.8 Å². The summed E-state index contributed by atoms with van der Waals surface area (Å²) in [7, 11) is 0. The third-order valence-corrected chi connectivity index (χ3v) is 5.53. The molecule has 5 heteroatoms. The van der Waals surface area contributed by atoms with Gasteiger partial charge in [0.15, 0.2) is 0 Å². The number of hydrogen-bond donors (Lipinski definition) is 1. The Morgan fingerprint density at radius 1 is 1.00 bits per heavy atom. The highest BCUT2D eigenvalue weighted by Crippen LogP contribution is 2.28. The van der Waals surface area contributed by atoms with Crippen molar-refractivity contribution in [1.29, 1.82) is 5.26 Å². The van der Waals surface area contributed by atoms with E-state index in [0.717, 1.165) is 37.2 Å². The fraction of sp³-hybridized carbons (Fsp3) is 0.560. The highest BCUT2D eigenvalue weighted by molar-refractivity contribution is 5.72. The molecule has 1 aromatic heterocycles. The monoisotopic (exact) mass is 408 g/mol. The number of hydrogen-bond acceptors (Lipinski definition) is 4. The van der Waals surface area contributed by atoms with Crippen molar-refractivity contribution >= 4 is 5.69 Å². The SMILES string of the molecule is CCCCCCN(CCCCCC)c1ccc(-c2c(C)nc(C)[nH]c2=O)cc1C#N. The highest BCUT2D eigenvalue weighted by atomic mass is 16.1. The van der Waals surface area contributed by atoms with Gasteiger partial charge in [0.25, 0.3) is 5.56 Å². The Morgan fingerprint density at radius 2 is 1.63 bits per heavy atom. The molecule has 0 aliphatic heterocycles. The summed E-state index contributed by atoms with van der Waals surface area (Å²) in [6.45, 7) is 9.98. The van der Waals surface area contributed by atoms with Crippen molar-refractivity contribution in [1.82, 2.24) is 9.97 Å². The predicted molar refractivity (Wildman–Crippen MR) is 125 cm³/mol. The van der Waals surface area contributed by atoms with Crippen LogP contribution < -0.4 is 10.5 Å². The third-order valence-electron chi connectivity index (χ3n) is 5.53. The van der Waals surface area contributed by atoms with Crippen LogP contribution in [-0.4, -0.2) is 23.1 Å². The Kier molecular flexibility index (Phi) is 9.60. The van der Waals surface area contributed by atoms with Crippen LogP contribution in [0.25, 0.3) is 11.1 Å². The molecule has 30 heavy (non-hydrogen) atoms. The van der Waals surface area contributed by atoms with Crippen LogP contribution >= 0.6 is 0 Å². The summed E-state index contributed by atoms with van der Waals surface area (Å²) in [5.41, 5.74) is 3.41. The minimum atomic E-state index is -0.160. The fourth-order valence-electron chi connectivity index (χ4n) is 3.93. The Bertz CT molecular complexity index is 898. The van der Waals surface area contributed by atoms with Crippen molar-refractivity contribution in [3.63, 3.8) is 0 Å². The van der Waals surface area contributed by atoms with E-state index in [2.05, 4.69) is 34.8 Å². The van der Waals surface area contributed by atoms with E-state index in [1.54, 1.807) is 6.92 Å². The van der Waals surface area contributed by atoms with E-state index in [0.29, 0.717) is 22.6 Å². The van der Waals surface area contributed by atoms with Gasteiger partial charge in [0.05, 0.1) is 22.5 Å². The van der Waals surface area contributed by atoms with Gasteiger partial charge in [-0.05, 0) is 44.4 Å². The Labute approximate surface area is 181 Å². The number of benzene rings is 1. The number of anilines is 1. The van der Waals surface area contributed by atoms with Crippen LogP contribution in [0.5, 0.6) is 0 Å². The first-order chi connectivity index (χ1) is 14.5. The molecular weight excluding hydrogens is 372 g/mol. The molecule has 0 spiro atoms. The lowest BCUT2D eigenvalue weighted by molar-refractivity contribution is 0.608. The minimum Gasteiger partial charge on any atom is -0.370 e. The molecular formula is C25H36N4O. The summed E-state index contributed by atoms with van der Waals surface area (Å²) in [4.78, 5) is 22.0.